The molecule has 0 spiro atoms. The number of hydrogen-bond donors (Lipinski definition) is 1. The highest BCUT2D eigenvalue weighted by Crippen LogP contribution is 2.25. The van der Waals surface area contributed by atoms with Crippen molar-refractivity contribution in [2.24, 2.45) is 0 Å². The Morgan fingerprint density at radius 1 is 1.29 bits per heavy atom. The Bertz CT molecular complexity index is 1040. The second-order valence-corrected chi connectivity index (χ2v) is 7.68. The van der Waals surface area contributed by atoms with Crippen molar-refractivity contribution < 1.29 is 19.2 Å². The van der Waals surface area contributed by atoms with Gasteiger partial charge in [0.25, 0.3) is 11.6 Å². The number of amides is 2. The van der Waals surface area contributed by atoms with E-state index in [0.29, 0.717) is 36.2 Å². The highest BCUT2D eigenvalue weighted by atomic mass is 16.6. The lowest BCUT2D eigenvalue weighted by molar-refractivity contribution is -0.385. The van der Waals surface area contributed by atoms with Crippen molar-refractivity contribution in [3.8, 4) is 5.75 Å². The molecule has 2 heterocycles. The molecule has 2 aromatic rings. The number of carbonyl (C=O) groups is 2. The fourth-order valence-corrected chi connectivity index (χ4v) is 3.98. The van der Waals surface area contributed by atoms with Crippen LogP contribution >= 0.6 is 0 Å². The van der Waals surface area contributed by atoms with Gasteiger partial charge in [-0.25, -0.2) is 0 Å². The number of nitrogens with zero attached hydrogens (tertiary/aromatic N) is 3. The van der Waals surface area contributed by atoms with Crippen molar-refractivity contribution in [2.45, 2.75) is 46.2 Å². The Morgan fingerprint density at radius 3 is 2.68 bits per heavy atom. The lowest BCUT2D eigenvalue weighted by Crippen LogP contribution is -2.45. The molecule has 0 aliphatic carbocycles. The van der Waals surface area contributed by atoms with E-state index in [1.807, 2.05) is 13.8 Å². The van der Waals surface area contributed by atoms with Crippen LogP contribution in [0, 0.1) is 30.9 Å². The Morgan fingerprint density at radius 2 is 2.03 bits per heavy atom. The third kappa shape index (κ3) is 4.50. The van der Waals surface area contributed by atoms with Crippen LogP contribution in [0.15, 0.2) is 24.4 Å². The molecule has 31 heavy (non-hydrogen) atoms. The first-order chi connectivity index (χ1) is 14.7. The number of rotatable bonds is 6. The summed E-state index contributed by atoms with van der Waals surface area (Å²) in [5.74, 6) is 0.192. The summed E-state index contributed by atoms with van der Waals surface area (Å²) >= 11 is 0. The summed E-state index contributed by atoms with van der Waals surface area (Å²) < 4.78 is 5.41. The van der Waals surface area contributed by atoms with Crippen LogP contribution < -0.4 is 10.1 Å². The average molecular weight is 426 g/mol. The molecular weight excluding hydrogens is 400 g/mol. The maximum atomic E-state index is 13.0. The van der Waals surface area contributed by atoms with Gasteiger partial charge in [-0.3, -0.25) is 24.7 Å². The number of nitro groups is 1. The second-order valence-electron chi connectivity index (χ2n) is 7.68. The molecule has 9 heteroatoms. The van der Waals surface area contributed by atoms with Crippen LogP contribution in [-0.4, -0.2) is 46.3 Å². The Balaban J connectivity index is 1.71. The minimum atomic E-state index is -0.587. The Kier molecular flexibility index (Phi) is 6.53. The molecule has 0 saturated carbocycles. The number of benzene rings is 1. The van der Waals surface area contributed by atoms with Crippen molar-refractivity contribution in [2.75, 3.05) is 13.7 Å². The number of likely N-dealkylation sites (tertiary alicyclic amines) is 1. The van der Waals surface area contributed by atoms with Crippen LogP contribution in [0.4, 0.5) is 5.69 Å². The average Bonchev–Trinajstić information content (AvgIpc) is 3.22. The largest absolute Gasteiger partial charge is 0.496 e. The summed E-state index contributed by atoms with van der Waals surface area (Å²) in [5.41, 5.74) is 3.19. The van der Waals surface area contributed by atoms with Gasteiger partial charge in [0, 0.05) is 41.1 Å². The maximum Gasteiger partial charge on any atom is 0.272 e. The van der Waals surface area contributed by atoms with Gasteiger partial charge >= 0.3 is 0 Å². The summed E-state index contributed by atoms with van der Waals surface area (Å²) in [5, 5.41) is 13.9. The zero-order valence-corrected chi connectivity index (χ0v) is 18.1. The maximum absolute atomic E-state index is 13.0. The van der Waals surface area contributed by atoms with Gasteiger partial charge in [-0.1, -0.05) is 0 Å². The van der Waals surface area contributed by atoms with Gasteiger partial charge < -0.3 is 15.0 Å². The van der Waals surface area contributed by atoms with E-state index in [0.717, 1.165) is 16.9 Å². The Labute approximate surface area is 180 Å². The number of nitrogens with one attached hydrogen (secondary N) is 1. The molecule has 0 radical (unpaired) electrons. The van der Waals surface area contributed by atoms with Crippen molar-refractivity contribution in [3.63, 3.8) is 0 Å². The van der Waals surface area contributed by atoms with Gasteiger partial charge in [0.05, 0.1) is 24.3 Å². The topological polar surface area (TPSA) is 115 Å². The van der Waals surface area contributed by atoms with E-state index in [1.165, 1.54) is 23.1 Å². The number of methoxy groups -OCH3 is 1. The minimum absolute atomic E-state index is 0.0383. The molecule has 1 N–H and O–H groups in total. The van der Waals surface area contributed by atoms with E-state index in [9.17, 15) is 19.7 Å². The first-order valence-electron chi connectivity index (χ1n) is 10.1. The molecule has 9 nitrogen and oxygen atoms in total. The van der Waals surface area contributed by atoms with Crippen LogP contribution in [0.1, 0.15) is 45.6 Å². The number of hydrogen-bond acceptors (Lipinski definition) is 6. The van der Waals surface area contributed by atoms with E-state index >= 15 is 0 Å². The van der Waals surface area contributed by atoms with Gasteiger partial charge in [0.1, 0.15) is 11.8 Å². The summed E-state index contributed by atoms with van der Waals surface area (Å²) in [6.45, 7) is 6.08. The number of ether oxygens (including phenoxy) is 1. The van der Waals surface area contributed by atoms with E-state index in [-0.39, 0.29) is 24.0 Å². The molecule has 1 atom stereocenters. The molecule has 1 saturated heterocycles. The number of nitro benzene ring substituents is 1. The number of pyridine rings is 1. The van der Waals surface area contributed by atoms with Crippen molar-refractivity contribution >= 4 is 17.5 Å². The molecule has 1 fully saturated rings. The van der Waals surface area contributed by atoms with Crippen LogP contribution in [-0.2, 0) is 11.3 Å². The van der Waals surface area contributed by atoms with Gasteiger partial charge in [-0.15, -0.1) is 0 Å². The van der Waals surface area contributed by atoms with Crippen molar-refractivity contribution in [3.05, 3.63) is 62.5 Å². The zero-order chi connectivity index (χ0) is 22.7. The van der Waals surface area contributed by atoms with Gasteiger partial charge in [0.2, 0.25) is 5.91 Å². The third-order valence-electron chi connectivity index (χ3n) is 5.64. The molecule has 1 aromatic carbocycles. The monoisotopic (exact) mass is 426 g/mol. The first-order valence-corrected chi connectivity index (χ1v) is 10.1. The van der Waals surface area contributed by atoms with Gasteiger partial charge in [0.15, 0.2) is 0 Å². The van der Waals surface area contributed by atoms with Crippen LogP contribution in [0.25, 0.3) is 0 Å². The van der Waals surface area contributed by atoms with Crippen molar-refractivity contribution in [1.82, 2.24) is 15.2 Å². The Hall–Kier alpha value is -3.49. The van der Waals surface area contributed by atoms with Crippen molar-refractivity contribution in [1.29, 1.82) is 0 Å². The molecule has 1 unspecified atom stereocenters. The number of carbonyl (C=O) groups excluding carboxylic acids is 2. The molecule has 2 amide bonds. The lowest BCUT2D eigenvalue weighted by Gasteiger charge is -2.24. The van der Waals surface area contributed by atoms with E-state index in [2.05, 4.69) is 10.3 Å². The summed E-state index contributed by atoms with van der Waals surface area (Å²) in [7, 11) is 1.60. The van der Waals surface area contributed by atoms with E-state index < -0.39 is 11.0 Å². The van der Waals surface area contributed by atoms with E-state index in [1.54, 1.807) is 20.2 Å². The fraction of sp³-hybridized carbons (Fsp3) is 0.409. The highest BCUT2D eigenvalue weighted by Gasteiger charge is 2.34. The predicted molar refractivity (Wildman–Crippen MR) is 114 cm³/mol. The fourth-order valence-electron chi connectivity index (χ4n) is 3.98. The molecule has 1 aliphatic heterocycles. The SMILES string of the molecule is COc1c(C)cnc(CNC(=O)C2CCCN2C(=O)c2ccc([N+](=O)[O-])c(C)c2)c1C. The molecule has 3 rings (SSSR count). The summed E-state index contributed by atoms with van der Waals surface area (Å²) in [6.07, 6.45) is 2.98. The standard InChI is InChI=1S/C22H26N4O5/c1-13-10-16(7-8-18(13)26(29)30)22(28)25-9-5-6-19(25)21(27)24-12-17-15(3)20(31-4)14(2)11-23-17/h7-8,10-11,19H,5-6,9,12H2,1-4H3,(H,24,27). The molecule has 1 aromatic heterocycles. The quantitative estimate of drug-likeness (QED) is 0.561. The molecule has 1 aliphatic rings. The molecule has 164 valence electrons. The molecular formula is C22H26N4O5. The number of aryl methyl sites for hydroxylation is 2. The number of aromatic nitrogens is 1. The first kappa shape index (κ1) is 22.2. The summed E-state index contributed by atoms with van der Waals surface area (Å²) in [6, 6.07) is 3.68. The zero-order valence-electron chi connectivity index (χ0n) is 18.1. The van der Waals surface area contributed by atoms with Crippen LogP contribution in [0.3, 0.4) is 0 Å². The van der Waals surface area contributed by atoms with Crippen LogP contribution in [0.2, 0.25) is 0 Å². The van der Waals surface area contributed by atoms with Crippen LogP contribution in [0.5, 0.6) is 5.75 Å². The normalized spacial score (nSPS) is 15.6. The lowest BCUT2D eigenvalue weighted by atomic mass is 10.1. The van der Waals surface area contributed by atoms with Gasteiger partial charge in [-0.05, 0) is 45.7 Å². The summed E-state index contributed by atoms with van der Waals surface area (Å²) in [4.78, 5) is 42.3. The van der Waals surface area contributed by atoms with Gasteiger partial charge in [-0.2, -0.15) is 0 Å². The smallest absolute Gasteiger partial charge is 0.272 e. The van der Waals surface area contributed by atoms with E-state index in [4.69, 9.17) is 4.74 Å². The predicted octanol–water partition coefficient (Wildman–Crippen LogP) is 2.84. The minimum Gasteiger partial charge on any atom is -0.496 e. The highest BCUT2D eigenvalue weighted by molar-refractivity contribution is 5.98. The second kappa shape index (κ2) is 9.11. The molecule has 0 bridgehead atoms. The third-order valence-corrected chi connectivity index (χ3v) is 5.64.